The molecule has 6 nitrogen and oxygen atoms in total. The van der Waals surface area contributed by atoms with Crippen LogP contribution in [0.5, 0.6) is 0 Å². The average Bonchev–Trinajstić information content (AvgIpc) is 2.60. The molecule has 0 aromatic carbocycles. The smallest absolute Gasteiger partial charge is 0.317 e. The molecule has 0 aliphatic rings. The Hall–Kier alpha value is -1.56. The predicted octanol–water partition coefficient (Wildman–Crippen LogP) is 1.47. The predicted molar refractivity (Wildman–Crippen MR) is 67.3 cm³/mol. The van der Waals surface area contributed by atoms with Crippen LogP contribution in [0, 0.1) is 13.8 Å². The van der Waals surface area contributed by atoms with E-state index in [0.29, 0.717) is 13.2 Å². The molecule has 0 aliphatic heterocycles. The molecule has 1 N–H and O–H groups in total. The van der Waals surface area contributed by atoms with Gasteiger partial charge in [0.05, 0.1) is 24.9 Å². The zero-order valence-electron chi connectivity index (χ0n) is 11.6. The molecule has 0 spiro atoms. The molecular formula is C12H21N3O3. The third-order valence-corrected chi connectivity index (χ3v) is 2.71. The maximum absolute atomic E-state index is 11.9. The van der Waals surface area contributed by atoms with Crippen LogP contribution in [0.4, 0.5) is 4.79 Å². The Bertz CT molecular complexity index is 384. The second-order valence-corrected chi connectivity index (χ2v) is 4.46. The summed E-state index contributed by atoms with van der Waals surface area (Å²) in [5.74, 6) is 0.747. The van der Waals surface area contributed by atoms with Gasteiger partial charge in [-0.25, -0.2) is 4.79 Å². The van der Waals surface area contributed by atoms with Crippen molar-refractivity contribution in [2.75, 3.05) is 20.8 Å². The molecule has 0 bridgehead atoms. The zero-order chi connectivity index (χ0) is 13.7. The van der Waals surface area contributed by atoms with Crippen LogP contribution in [0.1, 0.15) is 23.9 Å². The molecular weight excluding hydrogens is 234 g/mol. The minimum Gasteiger partial charge on any atom is -0.383 e. The van der Waals surface area contributed by atoms with Crippen molar-refractivity contribution < 1.29 is 14.1 Å². The highest BCUT2D eigenvalue weighted by molar-refractivity contribution is 5.74. The lowest BCUT2D eigenvalue weighted by Crippen LogP contribution is -2.43. The van der Waals surface area contributed by atoms with E-state index in [9.17, 15) is 4.79 Å². The number of aromatic nitrogens is 1. The van der Waals surface area contributed by atoms with Crippen LogP contribution in [-0.2, 0) is 11.3 Å². The summed E-state index contributed by atoms with van der Waals surface area (Å²) in [5.41, 5.74) is 1.77. The Labute approximate surface area is 107 Å². The van der Waals surface area contributed by atoms with Gasteiger partial charge in [0.1, 0.15) is 5.76 Å². The summed E-state index contributed by atoms with van der Waals surface area (Å²) >= 11 is 0. The van der Waals surface area contributed by atoms with Crippen molar-refractivity contribution in [1.29, 1.82) is 0 Å². The molecule has 6 heteroatoms. The maximum Gasteiger partial charge on any atom is 0.317 e. The molecule has 1 aromatic heterocycles. The Morgan fingerprint density at radius 3 is 2.72 bits per heavy atom. The standard InChI is InChI=1S/C12H21N3O3/c1-8(7-17-5)13-12(16)15(4)6-11-9(2)14-18-10(11)3/h8H,6-7H2,1-5H3,(H,13,16)/t8-/m1/s1. The first kappa shape index (κ1) is 14.5. The Morgan fingerprint density at radius 1 is 1.56 bits per heavy atom. The Balaban J connectivity index is 2.55. The third-order valence-electron chi connectivity index (χ3n) is 2.71. The third kappa shape index (κ3) is 3.73. The first-order chi connectivity index (χ1) is 8.45. The summed E-state index contributed by atoms with van der Waals surface area (Å²) in [6.45, 7) is 6.57. The molecule has 0 fully saturated rings. The fourth-order valence-electron chi connectivity index (χ4n) is 1.65. The minimum absolute atomic E-state index is 0.0189. The van der Waals surface area contributed by atoms with E-state index in [1.807, 2.05) is 20.8 Å². The van der Waals surface area contributed by atoms with Crippen LogP contribution in [0.25, 0.3) is 0 Å². The van der Waals surface area contributed by atoms with Crippen LogP contribution in [0.2, 0.25) is 0 Å². The van der Waals surface area contributed by atoms with Gasteiger partial charge < -0.3 is 19.5 Å². The summed E-state index contributed by atoms with van der Waals surface area (Å²) in [7, 11) is 3.34. The van der Waals surface area contributed by atoms with Crippen molar-refractivity contribution in [1.82, 2.24) is 15.4 Å². The highest BCUT2D eigenvalue weighted by Gasteiger charge is 2.16. The van der Waals surface area contributed by atoms with Crippen molar-refractivity contribution in [2.24, 2.45) is 0 Å². The molecule has 1 heterocycles. The van der Waals surface area contributed by atoms with Gasteiger partial charge in [-0.15, -0.1) is 0 Å². The zero-order valence-corrected chi connectivity index (χ0v) is 11.6. The van der Waals surface area contributed by atoms with Crippen molar-refractivity contribution in [3.05, 3.63) is 17.0 Å². The highest BCUT2D eigenvalue weighted by atomic mass is 16.5. The summed E-state index contributed by atoms with van der Waals surface area (Å²) in [5, 5.41) is 6.71. The van der Waals surface area contributed by atoms with Crippen molar-refractivity contribution >= 4 is 6.03 Å². The molecule has 2 amide bonds. The van der Waals surface area contributed by atoms with E-state index in [2.05, 4.69) is 10.5 Å². The molecule has 18 heavy (non-hydrogen) atoms. The molecule has 0 unspecified atom stereocenters. The van der Waals surface area contributed by atoms with Crippen LogP contribution in [0.15, 0.2) is 4.52 Å². The molecule has 0 saturated carbocycles. The lowest BCUT2D eigenvalue weighted by atomic mass is 10.2. The molecule has 1 aromatic rings. The number of hydrogen-bond donors (Lipinski definition) is 1. The molecule has 0 aliphatic carbocycles. The summed E-state index contributed by atoms with van der Waals surface area (Å²) in [6.07, 6.45) is 0. The van der Waals surface area contributed by atoms with Crippen molar-refractivity contribution in [2.45, 2.75) is 33.4 Å². The Morgan fingerprint density at radius 2 is 2.22 bits per heavy atom. The maximum atomic E-state index is 11.9. The number of methoxy groups -OCH3 is 1. The molecule has 1 atom stereocenters. The highest BCUT2D eigenvalue weighted by Crippen LogP contribution is 2.14. The van der Waals surface area contributed by atoms with Crippen LogP contribution >= 0.6 is 0 Å². The van der Waals surface area contributed by atoms with E-state index >= 15 is 0 Å². The van der Waals surface area contributed by atoms with Crippen molar-refractivity contribution in [3.63, 3.8) is 0 Å². The number of ether oxygens (including phenoxy) is 1. The SMILES string of the molecule is COC[C@@H](C)NC(=O)N(C)Cc1c(C)noc1C. The van der Waals surface area contributed by atoms with E-state index in [4.69, 9.17) is 9.26 Å². The summed E-state index contributed by atoms with van der Waals surface area (Å²) < 4.78 is 10.0. The van der Waals surface area contributed by atoms with Gasteiger partial charge >= 0.3 is 6.03 Å². The number of hydrogen-bond acceptors (Lipinski definition) is 4. The number of carbonyl (C=O) groups is 1. The fraction of sp³-hybridized carbons (Fsp3) is 0.667. The lowest BCUT2D eigenvalue weighted by Gasteiger charge is -2.20. The van der Waals surface area contributed by atoms with E-state index in [0.717, 1.165) is 17.0 Å². The normalized spacial score (nSPS) is 12.3. The van der Waals surface area contributed by atoms with E-state index in [1.165, 1.54) is 0 Å². The largest absolute Gasteiger partial charge is 0.383 e. The van der Waals surface area contributed by atoms with E-state index in [1.54, 1.807) is 19.1 Å². The molecule has 0 saturated heterocycles. The number of amides is 2. The molecule has 102 valence electrons. The second-order valence-electron chi connectivity index (χ2n) is 4.46. The van der Waals surface area contributed by atoms with Gasteiger partial charge in [0.25, 0.3) is 0 Å². The number of nitrogens with one attached hydrogen (secondary N) is 1. The number of rotatable bonds is 5. The minimum atomic E-state index is -0.139. The second kappa shape index (κ2) is 6.39. The van der Waals surface area contributed by atoms with Gasteiger partial charge in [0.15, 0.2) is 0 Å². The van der Waals surface area contributed by atoms with Gasteiger partial charge in [-0.2, -0.15) is 0 Å². The van der Waals surface area contributed by atoms with E-state index < -0.39 is 0 Å². The number of urea groups is 1. The van der Waals surface area contributed by atoms with Crippen LogP contribution in [-0.4, -0.2) is 42.9 Å². The fourth-order valence-corrected chi connectivity index (χ4v) is 1.65. The van der Waals surface area contributed by atoms with Crippen molar-refractivity contribution in [3.8, 4) is 0 Å². The van der Waals surface area contributed by atoms with Gasteiger partial charge in [-0.05, 0) is 20.8 Å². The Kier molecular flexibility index (Phi) is 5.15. The van der Waals surface area contributed by atoms with Crippen LogP contribution in [0.3, 0.4) is 0 Å². The first-order valence-electron chi connectivity index (χ1n) is 5.88. The number of carbonyl (C=O) groups excluding carboxylic acids is 1. The quantitative estimate of drug-likeness (QED) is 0.865. The molecule has 0 radical (unpaired) electrons. The van der Waals surface area contributed by atoms with Gasteiger partial charge in [0, 0.05) is 19.7 Å². The monoisotopic (exact) mass is 255 g/mol. The average molecular weight is 255 g/mol. The first-order valence-corrected chi connectivity index (χ1v) is 5.88. The van der Waals surface area contributed by atoms with Gasteiger partial charge in [-0.3, -0.25) is 0 Å². The van der Waals surface area contributed by atoms with Gasteiger partial charge in [-0.1, -0.05) is 5.16 Å². The van der Waals surface area contributed by atoms with Gasteiger partial charge in [0.2, 0.25) is 0 Å². The number of nitrogens with zero attached hydrogens (tertiary/aromatic N) is 2. The topological polar surface area (TPSA) is 67.6 Å². The lowest BCUT2D eigenvalue weighted by molar-refractivity contribution is 0.162. The molecule has 1 rings (SSSR count). The summed E-state index contributed by atoms with van der Waals surface area (Å²) in [6, 6.07) is -0.158. The van der Waals surface area contributed by atoms with E-state index in [-0.39, 0.29) is 12.1 Å². The van der Waals surface area contributed by atoms with Crippen LogP contribution < -0.4 is 5.32 Å². The number of aryl methyl sites for hydroxylation is 2. The summed E-state index contributed by atoms with van der Waals surface area (Å²) in [4.78, 5) is 13.5.